The molecule has 0 aliphatic carbocycles. The minimum Gasteiger partial charge on any atom is -0.490 e. The average Bonchev–Trinajstić information content (AvgIpc) is 3.03. The molecule has 2 aromatic carbocycles. The number of amides is 4. The molecule has 28 heavy (non-hydrogen) atoms. The van der Waals surface area contributed by atoms with Gasteiger partial charge in [-0.05, 0) is 30.7 Å². The van der Waals surface area contributed by atoms with E-state index in [0.29, 0.717) is 24.7 Å². The Morgan fingerprint density at radius 1 is 0.964 bits per heavy atom. The van der Waals surface area contributed by atoms with Crippen LogP contribution in [0.4, 0.5) is 10.5 Å². The molecule has 8 nitrogen and oxygen atoms in total. The van der Waals surface area contributed by atoms with Crippen LogP contribution in [0, 0.1) is 0 Å². The standard InChI is InChI=1S/C20H21N3O5/c24-18(11-10-16-19(25)23-20(26)22-16)21-15-8-4-5-9-17(15)28-13-12-27-14-6-2-1-3-7-14/h1-9,16H,10-13H2,(H,21,24)(H2,22,23,25,26)/t16-/m1/s1. The first-order valence-corrected chi connectivity index (χ1v) is 8.93. The highest BCUT2D eigenvalue weighted by Gasteiger charge is 2.29. The van der Waals surface area contributed by atoms with Gasteiger partial charge in [-0.25, -0.2) is 4.79 Å². The minimum atomic E-state index is -0.681. The summed E-state index contributed by atoms with van der Waals surface area (Å²) in [6.07, 6.45) is 0.307. The highest BCUT2D eigenvalue weighted by molar-refractivity contribution is 6.04. The molecule has 1 atom stereocenters. The summed E-state index contributed by atoms with van der Waals surface area (Å²) in [7, 11) is 0. The lowest BCUT2D eigenvalue weighted by atomic mass is 10.1. The van der Waals surface area contributed by atoms with Crippen molar-refractivity contribution in [1.29, 1.82) is 0 Å². The van der Waals surface area contributed by atoms with Crippen LogP contribution in [0.3, 0.4) is 0 Å². The summed E-state index contributed by atoms with van der Waals surface area (Å²) in [4.78, 5) is 34.8. The van der Waals surface area contributed by atoms with Crippen molar-refractivity contribution in [2.75, 3.05) is 18.5 Å². The topological polar surface area (TPSA) is 106 Å². The number of nitrogens with one attached hydrogen (secondary N) is 3. The molecule has 0 saturated carbocycles. The minimum absolute atomic E-state index is 0.0871. The third-order valence-electron chi connectivity index (χ3n) is 4.03. The SMILES string of the molecule is O=C(CC[C@H]1NC(=O)NC1=O)Nc1ccccc1OCCOc1ccccc1. The number of rotatable bonds is 9. The molecule has 0 spiro atoms. The summed E-state index contributed by atoms with van der Waals surface area (Å²) in [5.74, 6) is 0.598. The summed E-state index contributed by atoms with van der Waals surface area (Å²) in [6, 6.07) is 15.3. The lowest BCUT2D eigenvalue weighted by Gasteiger charge is -2.13. The van der Waals surface area contributed by atoms with Gasteiger partial charge in [-0.3, -0.25) is 14.9 Å². The third kappa shape index (κ3) is 5.47. The van der Waals surface area contributed by atoms with Crippen molar-refractivity contribution in [1.82, 2.24) is 10.6 Å². The van der Waals surface area contributed by atoms with Crippen LogP contribution < -0.4 is 25.4 Å². The maximum atomic E-state index is 12.2. The van der Waals surface area contributed by atoms with Crippen LogP contribution in [0.1, 0.15) is 12.8 Å². The van der Waals surface area contributed by atoms with Crippen molar-refractivity contribution in [2.45, 2.75) is 18.9 Å². The zero-order valence-corrected chi connectivity index (χ0v) is 15.1. The van der Waals surface area contributed by atoms with E-state index in [1.165, 1.54) is 0 Å². The van der Waals surface area contributed by atoms with Gasteiger partial charge in [0.05, 0.1) is 5.69 Å². The molecule has 0 aromatic heterocycles. The average molecular weight is 383 g/mol. The number of anilines is 1. The molecular formula is C20H21N3O5. The zero-order valence-electron chi connectivity index (χ0n) is 15.1. The normalized spacial score (nSPS) is 15.5. The Kier molecular flexibility index (Phi) is 6.46. The Labute approximate surface area is 162 Å². The molecule has 1 saturated heterocycles. The van der Waals surface area contributed by atoms with Crippen LogP contribution in [0.25, 0.3) is 0 Å². The van der Waals surface area contributed by atoms with E-state index < -0.39 is 18.0 Å². The number of ether oxygens (including phenoxy) is 2. The van der Waals surface area contributed by atoms with Crippen molar-refractivity contribution in [3.8, 4) is 11.5 Å². The third-order valence-corrected chi connectivity index (χ3v) is 4.03. The molecule has 1 heterocycles. The van der Waals surface area contributed by atoms with Gasteiger partial charge >= 0.3 is 6.03 Å². The number of urea groups is 1. The van der Waals surface area contributed by atoms with Gasteiger partial charge in [-0.2, -0.15) is 0 Å². The van der Waals surface area contributed by atoms with E-state index in [1.54, 1.807) is 24.3 Å². The van der Waals surface area contributed by atoms with Crippen LogP contribution in [-0.4, -0.2) is 37.1 Å². The van der Waals surface area contributed by atoms with Crippen LogP contribution in [0.2, 0.25) is 0 Å². The highest BCUT2D eigenvalue weighted by atomic mass is 16.5. The van der Waals surface area contributed by atoms with Gasteiger partial charge in [0.2, 0.25) is 5.91 Å². The molecule has 2 aromatic rings. The molecule has 1 fully saturated rings. The van der Waals surface area contributed by atoms with Gasteiger partial charge < -0.3 is 20.1 Å². The fraction of sp³-hybridized carbons (Fsp3) is 0.250. The number of para-hydroxylation sites is 3. The van der Waals surface area contributed by atoms with E-state index in [4.69, 9.17) is 9.47 Å². The second-order valence-electron chi connectivity index (χ2n) is 6.11. The zero-order chi connectivity index (χ0) is 19.8. The maximum Gasteiger partial charge on any atom is 0.322 e. The molecule has 1 aliphatic heterocycles. The number of imide groups is 1. The molecule has 3 N–H and O–H groups in total. The first-order chi connectivity index (χ1) is 13.6. The lowest BCUT2D eigenvalue weighted by Crippen LogP contribution is -2.30. The van der Waals surface area contributed by atoms with E-state index in [-0.39, 0.29) is 18.7 Å². The molecule has 146 valence electrons. The van der Waals surface area contributed by atoms with Gasteiger partial charge in [0.15, 0.2) is 0 Å². The number of hydrogen-bond acceptors (Lipinski definition) is 5. The number of carbonyl (C=O) groups excluding carboxylic acids is 3. The molecule has 0 unspecified atom stereocenters. The Bertz CT molecular complexity index is 841. The van der Waals surface area contributed by atoms with Crippen LogP contribution in [0.5, 0.6) is 11.5 Å². The van der Waals surface area contributed by atoms with Crippen LogP contribution >= 0.6 is 0 Å². The molecular weight excluding hydrogens is 362 g/mol. The van der Waals surface area contributed by atoms with E-state index in [1.807, 2.05) is 30.3 Å². The second kappa shape index (κ2) is 9.40. The van der Waals surface area contributed by atoms with Gasteiger partial charge in [0, 0.05) is 6.42 Å². The van der Waals surface area contributed by atoms with Gasteiger partial charge in [-0.15, -0.1) is 0 Å². The van der Waals surface area contributed by atoms with E-state index in [2.05, 4.69) is 16.0 Å². The van der Waals surface area contributed by atoms with Crippen molar-refractivity contribution in [3.63, 3.8) is 0 Å². The Balaban J connectivity index is 1.45. The van der Waals surface area contributed by atoms with E-state index >= 15 is 0 Å². The summed E-state index contributed by atoms with van der Waals surface area (Å²) < 4.78 is 11.3. The van der Waals surface area contributed by atoms with Gasteiger partial charge in [0.1, 0.15) is 30.8 Å². The second-order valence-corrected chi connectivity index (χ2v) is 6.11. The summed E-state index contributed by atoms with van der Waals surface area (Å²) in [6.45, 7) is 0.679. The molecule has 3 rings (SSSR count). The van der Waals surface area contributed by atoms with Gasteiger partial charge in [0.25, 0.3) is 5.91 Å². The fourth-order valence-electron chi connectivity index (χ4n) is 2.67. The van der Waals surface area contributed by atoms with Crippen LogP contribution in [-0.2, 0) is 9.59 Å². The number of hydrogen-bond donors (Lipinski definition) is 3. The van der Waals surface area contributed by atoms with Crippen molar-refractivity contribution >= 4 is 23.5 Å². The van der Waals surface area contributed by atoms with E-state index in [9.17, 15) is 14.4 Å². The van der Waals surface area contributed by atoms with Crippen molar-refractivity contribution in [3.05, 3.63) is 54.6 Å². The lowest BCUT2D eigenvalue weighted by molar-refractivity contribution is -0.120. The largest absolute Gasteiger partial charge is 0.490 e. The Hall–Kier alpha value is -3.55. The van der Waals surface area contributed by atoms with Crippen molar-refractivity contribution < 1.29 is 23.9 Å². The predicted octanol–water partition coefficient (Wildman–Crippen LogP) is 2.07. The maximum absolute atomic E-state index is 12.2. The smallest absolute Gasteiger partial charge is 0.322 e. The Morgan fingerprint density at radius 3 is 2.43 bits per heavy atom. The van der Waals surface area contributed by atoms with Crippen molar-refractivity contribution in [2.24, 2.45) is 0 Å². The first-order valence-electron chi connectivity index (χ1n) is 8.93. The summed E-state index contributed by atoms with van der Waals surface area (Å²) >= 11 is 0. The van der Waals surface area contributed by atoms with E-state index in [0.717, 1.165) is 5.75 Å². The summed E-state index contributed by atoms with van der Waals surface area (Å²) in [5.41, 5.74) is 0.534. The van der Waals surface area contributed by atoms with Crippen LogP contribution in [0.15, 0.2) is 54.6 Å². The predicted molar refractivity (Wildman–Crippen MR) is 102 cm³/mol. The fourth-order valence-corrected chi connectivity index (χ4v) is 2.67. The Morgan fingerprint density at radius 2 is 1.68 bits per heavy atom. The highest BCUT2D eigenvalue weighted by Crippen LogP contribution is 2.24. The molecule has 4 amide bonds. The molecule has 0 bridgehead atoms. The quantitative estimate of drug-likeness (QED) is 0.454. The monoisotopic (exact) mass is 383 g/mol. The molecule has 1 aliphatic rings. The molecule has 0 radical (unpaired) electrons. The molecule has 8 heteroatoms. The summed E-state index contributed by atoms with van der Waals surface area (Å²) in [5, 5.41) is 7.37. The number of carbonyl (C=O) groups is 3. The van der Waals surface area contributed by atoms with Gasteiger partial charge in [-0.1, -0.05) is 30.3 Å². The first kappa shape index (κ1) is 19.2. The number of benzene rings is 2.